The number of hydrogen-bond donors (Lipinski definition) is 0. The molecule has 1 saturated heterocycles. The van der Waals surface area contributed by atoms with Crippen LogP contribution in [0.2, 0.25) is 0 Å². The van der Waals surface area contributed by atoms with Gasteiger partial charge in [0, 0.05) is 18.3 Å². The van der Waals surface area contributed by atoms with Crippen LogP contribution in [0.15, 0.2) is 18.3 Å². The molecule has 0 radical (unpaired) electrons. The van der Waals surface area contributed by atoms with E-state index in [4.69, 9.17) is 4.74 Å². The molecule has 1 aliphatic heterocycles. The molecule has 1 aromatic rings. The molecule has 0 N–H and O–H groups in total. The van der Waals surface area contributed by atoms with E-state index in [0.29, 0.717) is 12.6 Å². The summed E-state index contributed by atoms with van der Waals surface area (Å²) in [6.07, 6.45) is 4.47. The highest BCUT2D eigenvalue weighted by Gasteiger charge is 2.22. The van der Waals surface area contributed by atoms with Crippen LogP contribution in [-0.2, 0) is 0 Å². The third kappa shape index (κ3) is 2.29. The molecular weight excluding hydrogens is 188 g/mol. The molecule has 82 valence electrons. The molecule has 2 rings (SSSR count). The van der Waals surface area contributed by atoms with Gasteiger partial charge >= 0.3 is 0 Å². The van der Waals surface area contributed by atoms with E-state index in [2.05, 4.69) is 23.0 Å². The van der Waals surface area contributed by atoms with Gasteiger partial charge in [0.1, 0.15) is 0 Å². The van der Waals surface area contributed by atoms with Gasteiger partial charge in [-0.3, -0.25) is 4.90 Å². The number of rotatable bonds is 3. The second-order valence-electron chi connectivity index (χ2n) is 4.00. The Balaban J connectivity index is 2.09. The first-order valence-corrected chi connectivity index (χ1v) is 5.60. The summed E-state index contributed by atoms with van der Waals surface area (Å²) in [5, 5.41) is 0. The minimum atomic E-state index is 0.549. The molecule has 3 nitrogen and oxygen atoms in total. The maximum absolute atomic E-state index is 5.33. The molecule has 0 saturated carbocycles. The first-order valence-electron chi connectivity index (χ1n) is 5.60. The Morgan fingerprint density at radius 1 is 1.53 bits per heavy atom. The summed E-state index contributed by atoms with van der Waals surface area (Å²) in [4.78, 5) is 6.68. The van der Waals surface area contributed by atoms with Crippen LogP contribution in [0.4, 0.5) is 0 Å². The van der Waals surface area contributed by atoms with Gasteiger partial charge in [-0.2, -0.15) is 0 Å². The molecule has 1 aliphatic rings. The van der Waals surface area contributed by atoms with E-state index in [0.717, 1.165) is 5.88 Å². The van der Waals surface area contributed by atoms with Gasteiger partial charge in [0.15, 0.2) is 0 Å². The lowest BCUT2D eigenvalue weighted by Crippen LogP contribution is -2.17. The van der Waals surface area contributed by atoms with Crippen LogP contribution in [0.25, 0.3) is 0 Å². The van der Waals surface area contributed by atoms with E-state index in [1.807, 2.05) is 19.2 Å². The normalized spacial score (nSPS) is 21.9. The number of pyridine rings is 1. The average molecular weight is 206 g/mol. The van der Waals surface area contributed by atoms with Crippen LogP contribution < -0.4 is 4.74 Å². The molecule has 1 fully saturated rings. The maximum atomic E-state index is 5.33. The Morgan fingerprint density at radius 2 is 2.40 bits per heavy atom. The molecule has 0 amide bonds. The van der Waals surface area contributed by atoms with Crippen molar-refractivity contribution in [1.29, 1.82) is 0 Å². The van der Waals surface area contributed by atoms with E-state index in [-0.39, 0.29) is 0 Å². The summed E-state index contributed by atoms with van der Waals surface area (Å²) >= 11 is 0. The molecule has 0 aliphatic carbocycles. The number of aromatic nitrogens is 1. The van der Waals surface area contributed by atoms with Crippen molar-refractivity contribution in [3.63, 3.8) is 0 Å². The van der Waals surface area contributed by atoms with Crippen molar-refractivity contribution >= 4 is 0 Å². The molecule has 2 heterocycles. The smallest absolute Gasteiger partial charge is 0.213 e. The van der Waals surface area contributed by atoms with Crippen LogP contribution in [0.3, 0.4) is 0 Å². The van der Waals surface area contributed by atoms with Crippen LogP contribution >= 0.6 is 0 Å². The number of likely N-dealkylation sites (tertiary alicyclic amines) is 1. The second-order valence-corrected chi connectivity index (χ2v) is 4.00. The predicted molar refractivity (Wildman–Crippen MR) is 60.0 cm³/mol. The van der Waals surface area contributed by atoms with Crippen molar-refractivity contribution in [3.8, 4) is 5.88 Å². The molecule has 1 atom stereocenters. The molecule has 0 aromatic carbocycles. The number of ether oxygens (including phenoxy) is 1. The Hall–Kier alpha value is -1.09. The molecule has 1 aromatic heterocycles. The highest BCUT2D eigenvalue weighted by molar-refractivity contribution is 5.21. The fourth-order valence-corrected chi connectivity index (χ4v) is 2.15. The zero-order valence-corrected chi connectivity index (χ0v) is 9.44. The first kappa shape index (κ1) is 10.4. The van der Waals surface area contributed by atoms with Gasteiger partial charge in [-0.15, -0.1) is 0 Å². The number of hydrogen-bond acceptors (Lipinski definition) is 3. The van der Waals surface area contributed by atoms with Gasteiger partial charge in [0.05, 0.1) is 6.61 Å². The fourth-order valence-electron chi connectivity index (χ4n) is 2.15. The maximum Gasteiger partial charge on any atom is 0.213 e. The molecule has 15 heavy (non-hydrogen) atoms. The highest BCUT2D eigenvalue weighted by Crippen LogP contribution is 2.30. The van der Waals surface area contributed by atoms with E-state index < -0.39 is 0 Å². The molecular formula is C12H18N2O. The van der Waals surface area contributed by atoms with Crippen molar-refractivity contribution in [3.05, 3.63) is 23.9 Å². The van der Waals surface area contributed by atoms with Crippen molar-refractivity contribution in [2.45, 2.75) is 25.8 Å². The summed E-state index contributed by atoms with van der Waals surface area (Å²) in [6.45, 7) is 3.84. The largest absolute Gasteiger partial charge is 0.478 e. The summed E-state index contributed by atoms with van der Waals surface area (Å²) in [6, 6.07) is 4.64. The minimum absolute atomic E-state index is 0.549. The van der Waals surface area contributed by atoms with Crippen LogP contribution in [0.5, 0.6) is 5.88 Å². The van der Waals surface area contributed by atoms with Gasteiger partial charge in [-0.05, 0) is 38.9 Å². The summed E-state index contributed by atoms with van der Waals surface area (Å²) in [5.74, 6) is 0.724. The van der Waals surface area contributed by atoms with Gasteiger partial charge in [0.2, 0.25) is 5.88 Å². The highest BCUT2D eigenvalue weighted by atomic mass is 16.5. The predicted octanol–water partition coefficient (Wildman–Crippen LogP) is 2.25. The van der Waals surface area contributed by atoms with E-state index in [1.165, 1.54) is 24.9 Å². The zero-order chi connectivity index (χ0) is 10.7. The van der Waals surface area contributed by atoms with Crippen molar-refractivity contribution in [2.75, 3.05) is 20.2 Å². The minimum Gasteiger partial charge on any atom is -0.478 e. The third-order valence-corrected chi connectivity index (χ3v) is 2.96. The van der Waals surface area contributed by atoms with E-state index >= 15 is 0 Å². The van der Waals surface area contributed by atoms with Crippen LogP contribution in [0.1, 0.15) is 31.4 Å². The van der Waals surface area contributed by atoms with Crippen LogP contribution in [0, 0.1) is 0 Å². The quantitative estimate of drug-likeness (QED) is 0.758. The lowest BCUT2D eigenvalue weighted by molar-refractivity contribution is 0.312. The lowest BCUT2D eigenvalue weighted by Gasteiger charge is -2.19. The monoisotopic (exact) mass is 206 g/mol. The van der Waals surface area contributed by atoms with Crippen LogP contribution in [-0.4, -0.2) is 30.1 Å². The average Bonchev–Trinajstić information content (AvgIpc) is 2.66. The summed E-state index contributed by atoms with van der Waals surface area (Å²) < 4.78 is 5.33. The third-order valence-electron chi connectivity index (χ3n) is 2.96. The second kappa shape index (κ2) is 4.62. The molecule has 3 heteroatoms. The van der Waals surface area contributed by atoms with Crippen molar-refractivity contribution in [1.82, 2.24) is 9.88 Å². The first-order chi connectivity index (χ1) is 7.31. The van der Waals surface area contributed by atoms with E-state index in [9.17, 15) is 0 Å². The topological polar surface area (TPSA) is 25.4 Å². The van der Waals surface area contributed by atoms with Crippen molar-refractivity contribution in [2.24, 2.45) is 0 Å². The van der Waals surface area contributed by atoms with Gasteiger partial charge in [-0.25, -0.2) is 4.98 Å². The Morgan fingerprint density at radius 3 is 2.93 bits per heavy atom. The van der Waals surface area contributed by atoms with E-state index in [1.54, 1.807) is 0 Å². The zero-order valence-electron chi connectivity index (χ0n) is 9.44. The lowest BCUT2D eigenvalue weighted by atomic mass is 10.1. The molecule has 0 unspecified atom stereocenters. The fraction of sp³-hybridized carbons (Fsp3) is 0.583. The Kier molecular flexibility index (Phi) is 3.21. The molecule has 0 bridgehead atoms. The Labute approximate surface area is 91.1 Å². The summed E-state index contributed by atoms with van der Waals surface area (Å²) in [7, 11) is 2.17. The van der Waals surface area contributed by atoms with Gasteiger partial charge in [-0.1, -0.05) is 6.07 Å². The number of nitrogens with zero attached hydrogens (tertiary/aromatic N) is 2. The Bertz CT molecular complexity index is 310. The van der Waals surface area contributed by atoms with Gasteiger partial charge in [0.25, 0.3) is 0 Å². The standard InChI is InChI=1S/C12H18N2O/c1-3-15-12-7-6-10(9-13-12)11-5-4-8-14(11)2/h6-7,9,11H,3-5,8H2,1-2H3/t11-/m1/s1. The summed E-state index contributed by atoms with van der Waals surface area (Å²) in [5.41, 5.74) is 1.30. The van der Waals surface area contributed by atoms with Gasteiger partial charge < -0.3 is 4.74 Å². The molecule has 0 spiro atoms. The SMILES string of the molecule is CCOc1ccc([C@H]2CCCN2C)cn1. The van der Waals surface area contributed by atoms with Crippen molar-refractivity contribution < 1.29 is 4.74 Å².